The molecule has 1 amide bonds. The lowest BCUT2D eigenvalue weighted by Crippen LogP contribution is -2.35. The van der Waals surface area contributed by atoms with Gasteiger partial charge in [-0.2, -0.15) is 13.2 Å². The third-order valence-corrected chi connectivity index (χ3v) is 2.19. The number of nitrogens with two attached hydrogens (primary N) is 1. The Morgan fingerprint density at radius 3 is 2.50 bits per heavy atom. The fourth-order valence-corrected chi connectivity index (χ4v) is 1.19. The highest BCUT2D eigenvalue weighted by atomic mass is 19.4. The molecule has 0 heterocycles. The monoisotopic (exact) mass is 289 g/mol. The first-order valence-electron chi connectivity index (χ1n) is 5.64. The van der Waals surface area contributed by atoms with E-state index < -0.39 is 25.2 Å². The molecule has 0 unspecified atom stereocenters. The lowest BCUT2D eigenvalue weighted by Gasteiger charge is -2.07. The van der Waals surface area contributed by atoms with Crippen LogP contribution in [-0.2, 0) is 9.63 Å². The van der Waals surface area contributed by atoms with Crippen LogP contribution in [0.5, 0.6) is 0 Å². The van der Waals surface area contributed by atoms with Crippen LogP contribution in [-0.4, -0.2) is 31.1 Å². The minimum atomic E-state index is -4.46. The molecule has 20 heavy (non-hydrogen) atoms. The van der Waals surface area contributed by atoms with Gasteiger partial charge < -0.3 is 15.9 Å². The normalized spacial score (nSPS) is 12.1. The van der Waals surface area contributed by atoms with Crippen LogP contribution in [0.15, 0.2) is 29.4 Å². The van der Waals surface area contributed by atoms with Crippen LogP contribution < -0.4 is 11.1 Å². The lowest BCUT2D eigenvalue weighted by molar-refractivity contribution is -0.141. The zero-order chi connectivity index (χ0) is 15.2. The van der Waals surface area contributed by atoms with Gasteiger partial charge in [0.2, 0.25) is 0 Å². The Hall–Kier alpha value is -2.25. The number of aryl methyl sites for hydroxylation is 1. The van der Waals surface area contributed by atoms with Gasteiger partial charge in [-0.05, 0) is 6.92 Å². The Kier molecular flexibility index (Phi) is 5.36. The van der Waals surface area contributed by atoms with Crippen molar-refractivity contribution in [3.63, 3.8) is 0 Å². The molecule has 5 nitrogen and oxygen atoms in total. The van der Waals surface area contributed by atoms with Gasteiger partial charge in [0.05, 0.1) is 0 Å². The van der Waals surface area contributed by atoms with Gasteiger partial charge in [0.1, 0.15) is 6.54 Å². The zero-order valence-electron chi connectivity index (χ0n) is 10.7. The van der Waals surface area contributed by atoms with E-state index in [4.69, 9.17) is 5.73 Å². The van der Waals surface area contributed by atoms with E-state index in [9.17, 15) is 18.0 Å². The number of rotatable bonds is 5. The number of alkyl halides is 3. The van der Waals surface area contributed by atoms with Crippen molar-refractivity contribution in [3.8, 4) is 0 Å². The lowest BCUT2D eigenvalue weighted by atomic mass is 10.1. The summed E-state index contributed by atoms with van der Waals surface area (Å²) < 4.78 is 35.5. The van der Waals surface area contributed by atoms with Crippen molar-refractivity contribution in [2.24, 2.45) is 10.9 Å². The van der Waals surface area contributed by atoms with Gasteiger partial charge in [0, 0.05) is 5.56 Å². The third-order valence-electron chi connectivity index (χ3n) is 2.19. The number of amidine groups is 1. The quantitative estimate of drug-likeness (QED) is 0.487. The summed E-state index contributed by atoms with van der Waals surface area (Å²) in [7, 11) is 0. The third kappa shape index (κ3) is 6.07. The van der Waals surface area contributed by atoms with Gasteiger partial charge in [0.25, 0.3) is 5.91 Å². The number of hydrogen-bond acceptors (Lipinski definition) is 3. The summed E-state index contributed by atoms with van der Waals surface area (Å²) in [5, 5.41) is 5.11. The molecule has 1 aromatic carbocycles. The molecule has 110 valence electrons. The van der Waals surface area contributed by atoms with Gasteiger partial charge in [0.15, 0.2) is 12.4 Å². The summed E-state index contributed by atoms with van der Waals surface area (Å²) in [6.45, 7) is -0.145. The molecule has 0 aromatic heterocycles. The van der Waals surface area contributed by atoms with Crippen molar-refractivity contribution in [2.75, 3.05) is 13.2 Å². The number of hydrogen-bond donors (Lipinski definition) is 2. The molecule has 0 spiro atoms. The molecule has 0 fully saturated rings. The van der Waals surface area contributed by atoms with Crippen molar-refractivity contribution >= 4 is 11.7 Å². The van der Waals surface area contributed by atoms with Crippen LogP contribution in [0.1, 0.15) is 11.1 Å². The number of amides is 1. The first-order valence-corrected chi connectivity index (χ1v) is 5.64. The average Bonchev–Trinajstić information content (AvgIpc) is 2.36. The number of carbonyl (C=O) groups is 1. The predicted octanol–water partition coefficient (Wildman–Crippen LogP) is 1.31. The first-order chi connectivity index (χ1) is 9.28. The van der Waals surface area contributed by atoms with Gasteiger partial charge in [-0.15, -0.1) is 0 Å². The highest BCUT2D eigenvalue weighted by molar-refractivity contribution is 5.97. The summed E-state index contributed by atoms with van der Waals surface area (Å²) in [5.74, 6) is -0.892. The number of halogens is 3. The molecule has 1 aromatic rings. The standard InChI is InChI=1S/C12H14F3N3O2/c1-8-2-4-9(5-3-8)11(16)18-20-6-10(19)17-7-12(13,14)15/h2-5H,6-7H2,1H3,(H2,16,18)(H,17,19). The number of oxime groups is 1. The fraction of sp³-hybridized carbons (Fsp3) is 0.333. The molecule has 0 saturated heterocycles. The van der Waals surface area contributed by atoms with Crippen molar-refractivity contribution in [1.82, 2.24) is 5.32 Å². The van der Waals surface area contributed by atoms with E-state index in [1.165, 1.54) is 0 Å². The van der Waals surface area contributed by atoms with E-state index in [0.29, 0.717) is 5.56 Å². The zero-order valence-corrected chi connectivity index (χ0v) is 10.7. The van der Waals surface area contributed by atoms with E-state index >= 15 is 0 Å². The maximum Gasteiger partial charge on any atom is 0.405 e. The van der Waals surface area contributed by atoms with E-state index in [0.717, 1.165) is 5.56 Å². The number of carbonyl (C=O) groups excluding carboxylic acids is 1. The predicted molar refractivity (Wildman–Crippen MR) is 66.9 cm³/mol. The Labute approximate surface area is 113 Å². The van der Waals surface area contributed by atoms with Gasteiger partial charge in [-0.1, -0.05) is 35.0 Å². The molecule has 0 atom stereocenters. The first kappa shape index (κ1) is 15.8. The Bertz CT molecular complexity index is 484. The molecule has 3 N–H and O–H groups in total. The minimum Gasteiger partial charge on any atom is -0.384 e. The number of nitrogens with zero attached hydrogens (tertiary/aromatic N) is 1. The maximum absolute atomic E-state index is 11.8. The number of nitrogens with one attached hydrogen (secondary N) is 1. The summed E-state index contributed by atoms with van der Waals surface area (Å²) in [6, 6.07) is 7.05. The molecular weight excluding hydrogens is 275 g/mol. The molecule has 0 bridgehead atoms. The smallest absolute Gasteiger partial charge is 0.384 e. The SMILES string of the molecule is Cc1ccc(C(N)=NOCC(=O)NCC(F)(F)F)cc1. The van der Waals surface area contributed by atoms with Crippen LogP contribution in [0.3, 0.4) is 0 Å². The van der Waals surface area contributed by atoms with E-state index in [-0.39, 0.29) is 5.84 Å². The van der Waals surface area contributed by atoms with Crippen molar-refractivity contribution in [1.29, 1.82) is 0 Å². The highest BCUT2D eigenvalue weighted by Crippen LogP contribution is 2.11. The van der Waals surface area contributed by atoms with E-state index in [1.54, 1.807) is 17.4 Å². The molecule has 0 aliphatic carbocycles. The van der Waals surface area contributed by atoms with Crippen molar-refractivity contribution in [3.05, 3.63) is 35.4 Å². The minimum absolute atomic E-state index is 0.0358. The maximum atomic E-state index is 11.8. The molecule has 0 radical (unpaired) electrons. The highest BCUT2D eigenvalue weighted by Gasteiger charge is 2.27. The van der Waals surface area contributed by atoms with Crippen LogP contribution in [0.25, 0.3) is 0 Å². The summed E-state index contributed by atoms with van der Waals surface area (Å²) in [6.07, 6.45) is -4.46. The van der Waals surface area contributed by atoms with Crippen LogP contribution in [0.4, 0.5) is 13.2 Å². The van der Waals surface area contributed by atoms with Crippen molar-refractivity contribution < 1.29 is 22.8 Å². The Morgan fingerprint density at radius 1 is 1.35 bits per heavy atom. The molecular formula is C12H14F3N3O2. The molecule has 0 saturated carbocycles. The second kappa shape index (κ2) is 6.78. The van der Waals surface area contributed by atoms with Gasteiger partial charge in [-0.3, -0.25) is 4.79 Å². The summed E-state index contributed by atoms with van der Waals surface area (Å²) in [5.41, 5.74) is 7.21. The summed E-state index contributed by atoms with van der Waals surface area (Å²) >= 11 is 0. The second-order valence-corrected chi connectivity index (χ2v) is 4.01. The second-order valence-electron chi connectivity index (χ2n) is 4.01. The van der Waals surface area contributed by atoms with Crippen LogP contribution in [0.2, 0.25) is 0 Å². The van der Waals surface area contributed by atoms with Crippen LogP contribution >= 0.6 is 0 Å². The van der Waals surface area contributed by atoms with Gasteiger partial charge in [-0.25, -0.2) is 0 Å². The van der Waals surface area contributed by atoms with E-state index in [1.807, 2.05) is 19.1 Å². The molecule has 1 rings (SSSR count). The molecule has 0 aliphatic heterocycles. The Balaban J connectivity index is 2.40. The fourth-order valence-electron chi connectivity index (χ4n) is 1.19. The Morgan fingerprint density at radius 2 is 1.95 bits per heavy atom. The van der Waals surface area contributed by atoms with Gasteiger partial charge >= 0.3 is 6.18 Å². The average molecular weight is 289 g/mol. The van der Waals surface area contributed by atoms with E-state index in [2.05, 4.69) is 9.99 Å². The number of benzene rings is 1. The molecule has 0 aliphatic rings. The van der Waals surface area contributed by atoms with Crippen molar-refractivity contribution in [2.45, 2.75) is 13.1 Å². The largest absolute Gasteiger partial charge is 0.405 e. The summed E-state index contributed by atoms with van der Waals surface area (Å²) in [4.78, 5) is 15.6. The topological polar surface area (TPSA) is 76.7 Å². The van der Waals surface area contributed by atoms with Crippen LogP contribution in [0, 0.1) is 6.92 Å². The molecule has 8 heteroatoms.